The topological polar surface area (TPSA) is 86.2 Å². The molecule has 1 aliphatic rings. The van der Waals surface area contributed by atoms with E-state index in [4.69, 9.17) is 15.0 Å². The molecule has 8 rings (SSSR count). The lowest BCUT2D eigenvalue weighted by Gasteiger charge is -2.34. The Morgan fingerprint density at radius 3 is 1.68 bits per heavy atom. The highest BCUT2D eigenvalue weighted by molar-refractivity contribution is 5.78. The lowest BCUT2D eigenvalue weighted by atomic mass is 9.69. The highest BCUT2D eigenvalue weighted by Gasteiger charge is 2.32. The number of nitriles is 2. The fourth-order valence-corrected chi connectivity index (χ4v) is 7.25. The smallest absolute Gasteiger partial charge is 0.164 e. The molecular formula is C45H31N5. The summed E-state index contributed by atoms with van der Waals surface area (Å²) in [5.74, 6) is 1.85. The number of nitrogens with zero attached hydrogens (tertiary/aromatic N) is 5. The van der Waals surface area contributed by atoms with Gasteiger partial charge in [0.15, 0.2) is 17.5 Å². The minimum absolute atomic E-state index is 0.0507. The molecule has 0 aliphatic heterocycles. The van der Waals surface area contributed by atoms with Crippen LogP contribution < -0.4 is 0 Å². The normalized spacial score (nSPS) is 14.6. The largest absolute Gasteiger partial charge is 0.208 e. The molecule has 50 heavy (non-hydrogen) atoms. The van der Waals surface area contributed by atoms with Crippen LogP contribution in [-0.4, -0.2) is 15.0 Å². The molecule has 1 aromatic heterocycles. The molecule has 7 aromatic rings. The molecule has 0 bridgehead atoms. The van der Waals surface area contributed by atoms with Crippen LogP contribution in [0.2, 0.25) is 0 Å². The van der Waals surface area contributed by atoms with E-state index in [1.807, 2.05) is 97.1 Å². The highest BCUT2D eigenvalue weighted by atomic mass is 15.0. The van der Waals surface area contributed by atoms with Crippen LogP contribution in [0, 0.1) is 29.6 Å². The summed E-state index contributed by atoms with van der Waals surface area (Å²) in [6, 6.07) is 51.6. The fraction of sp³-hybridized carbons (Fsp3) is 0.0889. The first kappa shape index (κ1) is 30.6. The zero-order valence-corrected chi connectivity index (χ0v) is 27.7. The van der Waals surface area contributed by atoms with Crippen molar-refractivity contribution in [2.24, 2.45) is 0 Å². The van der Waals surface area contributed by atoms with Crippen molar-refractivity contribution >= 4 is 0 Å². The van der Waals surface area contributed by atoms with Crippen molar-refractivity contribution in [1.82, 2.24) is 15.0 Å². The van der Waals surface area contributed by atoms with E-state index in [-0.39, 0.29) is 11.8 Å². The van der Waals surface area contributed by atoms with Crippen LogP contribution in [0.3, 0.4) is 0 Å². The lowest BCUT2D eigenvalue weighted by Crippen LogP contribution is -2.19. The van der Waals surface area contributed by atoms with Crippen molar-refractivity contribution in [2.75, 3.05) is 0 Å². The Balaban J connectivity index is 1.29. The molecule has 0 spiro atoms. The summed E-state index contributed by atoms with van der Waals surface area (Å²) in [5, 5.41) is 20.1. The maximum absolute atomic E-state index is 10.4. The average molecular weight is 642 g/mol. The Hall–Kier alpha value is -6.69. The van der Waals surface area contributed by atoms with Gasteiger partial charge >= 0.3 is 0 Å². The van der Waals surface area contributed by atoms with Crippen molar-refractivity contribution in [2.45, 2.75) is 25.7 Å². The minimum atomic E-state index is -0.0507. The number of rotatable bonds is 5. The standard InChI is InChI=1S/C45H31N5/c1-28-22-35(27-47)41(25-39(28)42-37-19-10-9-18-36(37)29(2)40-23-30(26-46)20-21-38(40)42)33-16-11-17-34(24-33)45-49-43(31-12-5-3-6-13-31)48-44(50-45)32-14-7-4-8-15-32/h3-25,29,42H,1-2H3. The summed E-state index contributed by atoms with van der Waals surface area (Å²) in [4.78, 5) is 14.7. The third-order valence-corrected chi connectivity index (χ3v) is 9.74. The Morgan fingerprint density at radius 1 is 0.480 bits per heavy atom. The maximum Gasteiger partial charge on any atom is 0.164 e. The number of benzene rings is 6. The van der Waals surface area contributed by atoms with Crippen molar-refractivity contribution in [3.05, 3.63) is 184 Å². The van der Waals surface area contributed by atoms with Crippen molar-refractivity contribution in [3.8, 4) is 57.4 Å². The summed E-state index contributed by atoms with van der Waals surface area (Å²) in [5.41, 5.74) is 12.7. The van der Waals surface area contributed by atoms with Gasteiger partial charge in [0.2, 0.25) is 0 Å². The third-order valence-electron chi connectivity index (χ3n) is 9.74. The number of aryl methyl sites for hydroxylation is 1. The third kappa shape index (κ3) is 5.42. The van der Waals surface area contributed by atoms with Crippen LogP contribution in [0.15, 0.2) is 140 Å². The van der Waals surface area contributed by atoms with Gasteiger partial charge in [-0.15, -0.1) is 0 Å². The van der Waals surface area contributed by atoms with E-state index in [0.29, 0.717) is 28.6 Å². The molecule has 6 aromatic carbocycles. The highest BCUT2D eigenvalue weighted by Crippen LogP contribution is 2.48. The Bertz CT molecular complexity index is 2430. The number of hydrogen-bond donors (Lipinski definition) is 0. The van der Waals surface area contributed by atoms with Crippen molar-refractivity contribution < 1.29 is 0 Å². The van der Waals surface area contributed by atoms with Gasteiger partial charge < -0.3 is 0 Å². The van der Waals surface area contributed by atoms with Gasteiger partial charge in [0.05, 0.1) is 23.3 Å². The molecule has 236 valence electrons. The van der Waals surface area contributed by atoms with Gasteiger partial charge in [0.1, 0.15) is 0 Å². The van der Waals surface area contributed by atoms with Gasteiger partial charge in [0, 0.05) is 28.5 Å². The molecule has 0 saturated carbocycles. The Labute approximate surface area is 291 Å². The first-order valence-electron chi connectivity index (χ1n) is 16.7. The van der Waals surface area contributed by atoms with E-state index < -0.39 is 0 Å². The van der Waals surface area contributed by atoms with Gasteiger partial charge in [-0.2, -0.15) is 10.5 Å². The second kappa shape index (κ2) is 12.7. The van der Waals surface area contributed by atoms with Gasteiger partial charge in [0.25, 0.3) is 0 Å². The molecule has 5 nitrogen and oxygen atoms in total. The lowest BCUT2D eigenvalue weighted by molar-refractivity contribution is 0.791. The molecular weight excluding hydrogens is 611 g/mol. The summed E-state index contributed by atoms with van der Waals surface area (Å²) in [6.07, 6.45) is 0. The predicted molar refractivity (Wildman–Crippen MR) is 197 cm³/mol. The molecule has 0 saturated heterocycles. The van der Waals surface area contributed by atoms with Gasteiger partial charge in [-0.05, 0) is 81.8 Å². The van der Waals surface area contributed by atoms with Crippen LogP contribution in [0.4, 0.5) is 0 Å². The number of fused-ring (bicyclic) bond motifs is 2. The van der Waals surface area contributed by atoms with E-state index in [1.165, 1.54) is 22.3 Å². The summed E-state index contributed by atoms with van der Waals surface area (Å²) < 4.78 is 0. The summed E-state index contributed by atoms with van der Waals surface area (Å²) >= 11 is 0. The van der Waals surface area contributed by atoms with Crippen LogP contribution >= 0.6 is 0 Å². The molecule has 0 N–H and O–H groups in total. The molecule has 2 unspecified atom stereocenters. The van der Waals surface area contributed by atoms with Gasteiger partial charge in [-0.1, -0.05) is 116 Å². The molecule has 5 heteroatoms. The summed E-state index contributed by atoms with van der Waals surface area (Å²) in [6.45, 7) is 4.30. The Kier molecular flexibility index (Phi) is 7.80. The molecule has 2 atom stereocenters. The first-order valence-corrected chi connectivity index (χ1v) is 16.7. The zero-order chi connectivity index (χ0) is 34.2. The van der Waals surface area contributed by atoms with E-state index in [2.05, 4.69) is 68.5 Å². The van der Waals surface area contributed by atoms with Crippen LogP contribution in [0.5, 0.6) is 0 Å². The SMILES string of the molecule is Cc1cc(C#N)c(-c2cccc(-c3nc(-c4ccccc4)nc(-c4ccccc4)n3)c2)cc1C1c2ccccc2C(C)c2cc(C#N)ccc21. The zero-order valence-electron chi connectivity index (χ0n) is 27.7. The van der Waals surface area contributed by atoms with Crippen molar-refractivity contribution in [1.29, 1.82) is 10.5 Å². The number of hydrogen-bond acceptors (Lipinski definition) is 5. The molecule has 1 aliphatic carbocycles. The second-order valence-corrected chi connectivity index (χ2v) is 12.7. The minimum Gasteiger partial charge on any atom is -0.208 e. The molecule has 1 heterocycles. The molecule has 0 amide bonds. The van der Waals surface area contributed by atoms with E-state index in [0.717, 1.165) is 38.9 Å². The average Bonchev–Trinajstić information content (AvgIpc) is 3.18. The molecule has 0 fully saturated rings. The fourth-order valence-electron chi connectivity index (χ4n) is 7.25. The summed E-state index contributed by atoms with van der Waals surface area (Å²) in [7, 11) is 0. The van der Waals surface area contributed by atoms with Crippen LogP contribution in [0.25, 0.3) is 45.3 Å². The molecule has 0 radical (unpaired) electrons. The second-order valence-electron chi connectivity index (χ2n) is 12.7. The Morgan fingerprint density at radius 2 is 1.04 bits per heavy atom. The quantitative estimate of drug-likeness (QED) is 0.187. The van der Waals surface area contributed by atoms with Crippen molar-refractivity contribution in [3.63, 3.8) is 0 Å². The number of aromatic nitrogens is 3. The predicted octanol–water partition coefficient (Wildman–Crippen LogP) is 10.2. The van der Waals surface area contributed by atoms with E-state index >= 15 is 0 Å². The van der Waals surface area contributed by atoms with E-state index in [1.54, 1.807) is 0 Å². The van der Waals surface area contributed by atoms with Gasteiger partial charge in [-0.25, -0.2) is 15.0 Å². The van der Waals surface area contributed by atoms with E-state index in [9.17, 15) is 10.5 Å². The van der Waals surface area contributed by atoms with Crippen LogP contribution in [0.1, 0.15) is 63.3 Å². The van der Waals surface area contributed by atoms with Gasteiger partial charge in [-0.3, -0.25) is 0 Å². The monoisotopic (exact) mass is 641 g/mol. The first-order chi connectivity index (χ1) is 24.5. The van der Waals surface area contributed by atoms with Crippen LogP contribution in [-0.2, 0) is 0 Å². The maximum atomic E-state index is 10.4.